The highest BCUT2D eigenvalue weighted by Crippen LogP contribution is 2.18. The van der Waals surface area contributed by atoms with Crippen LogP contribution >= 0.6 is 15.9 Å². The zero-order chi connectivity index (χ0) is 12.8. The van der Waals surface area contributed by atoms with Gasteiger partial charge in [0.15, 0.2) is 6.61 Å². The van der Waals surface area contributed by atoms with Crippen LogP contribution in [0.15, 0.2) is 30.3 Å². The summed E-state index contributed by atoms with van der Waals surface area (Å²) in [6.07, 6.45) is 2.29. The Kier molecular flexibility index (Phi) is 5.05. The summed E-state index contributed by atoms with van der Waals surface area (Å²) >= 11 is 3.49. The summed E-state index contributed by atoms with van der Waals surface area (Å²) in [7, 11) is 0. The van der Waals surface area contributed by atoms with Gasteiger partial charge in [-0.2, -0.15) is 0 Å². The van der Waals surface area contributed by atoms with Crippen molar-refractivity contribution >= 4 is 21.8 Å². The van der Waals surface area contributed by atoms with Gasteiger partial charge in [0.1, 0.15) is 5.75 Å². The smallest absolute Gasteiger partial charge is 0.260 e. The van der Waals surface area contributed by atoms with Crippen LogP contribution in [0.4, 0.5) is 0 Å². The van der Waals surface area contributed by atoms with E-state index in [0.717, 1.165) is 30.6 Å². The van der Waals surface area contributed by atoms with E-state index in [1.54, 1.807) is 0 Å². The number of nitrogens with zero attached hydrogens (tertiary/aromatic N) is 1. The van der Waals surface area contributed by atoms with Crippen LogP contribution < -0.4 is 4.74 Å². The molecule has 18 heavy (non-hydrogen) atoms. The first-order valence-corrected chi connectivity index (χ1v) is 7.43. The Labute approximate surface area is 116 Å². The largest absolute Gasteiger partial charge is 0.484 e. The Hall–Kier alpha value is -1.03. The molecule has 98 valence electrons. The molecule has 0 aliphatic carbocycles. The number of alkyl halides is 1. The molecule has 3 nitrogen and oxygen atoms in total. The van der Waals surface area contributed by atoms with E-state index >= 15 is 0 Å². The fraction of sp³-hybridized carbons (Fsp3) is 0.500. The Morgan fingerprint density at radius 1 is 1.39 bits per heavy atom. The Morgan fingerprint density at radius 2 is 2.17 bits per heavy atom. The lowest BCUT2D eigenvalue weighted by Crippen LogP contribution is -2.42. The minimum Gasteiger partial charge on any atom is -0.484 e. The van der Waals surface area contributed by atoms with E-state index in [1.165, 1.54) is 6.42 Å². The number of para-hydroxylation sites is 1. The van der Waals surface area contributed by atoms with Gasteiger partial charge >= 0.3 is 0 Å². The first-order chi connectivity index (χ1) is 8.79. The van der Waals surface area contributed by atoms with Gasteiger partial charge in [-0.25, -0.2) is 0 Å². The minimum atomic E-state index is 0.0875. The number of carbonyl (C=O) groups is 1. The SMILES string of the molecule is O=C(COc1ccccc1)N1CCCC(CBr)C1. The summed E-state index contributed by atoms with van der Waals surface area (Å²) in [4.78, 5) is 13.9. The van der Waals surface area contributed by atoms with Crippen molar-refractivity contribution in [3.8, 4) is 5.75 Å². The number of carbonyl (C=O) groups excluding carboxylic acids is 1. The van der Waals surface area contributed by atoms with Crippen LogP contribution in [0.25, 0.3) is 0 Å². The van der Waals surface area contributed by atoms with Crippen LogP contribution in [-0.2, 0) is 4.79 Å². The zero-order valence-corrected chi connectivity index (χ0v) is 11.9. The average molecular weight is 312 g/mol. The highest BCUT2D eigenvalue weighted by Gasteiger charge is 2.22. The summed E-state index contributed by atoms with van der Waals surface area (Å²) in [5.74, 6) is 1.42. The van der Waals surface area contributed by atoms with E-state index in [0.29, 0.717) is 5.92 Å². The minimum absolute atomic E-state index is 0.0875. The van der Waals surface area contributed by atoms with Gasteiger partial charge in [-0.1, -0.05) is 34.1 Å². The third kappa shape index (κ3) is 3.73. The number of hydrogen-bond acceptors (Lipinski definition) is 2. The molecule has 1 unspecified atom stereocenters. The Balaban J connectivity index is 1.81. The maximum absolute atomic E-state index is 12.0. The van der Waals surface area contributed by atoms with Crippen molar-refractivity contribution in [3.05, 3.63) is 30.3 Å². The van der Waals surface area contributed by atoms with Crippen LogP contribution in [-0.4, -0.2) is 35.8 Å². The lowest BCUT2D eigenvalue weighted by molar-refractivity contribution is -0.135. The zero-order valence-electron chi connectivity index (χ0n) is 10.3. The molecule has 0 saturated carbocycles. The third-order valence-electron chi connectivity index (χ3n) is 3.20. The van der Waals surface area contributed by atoms with Crippen LogP contribution in [0.2, 0.25) is 0 Å². The molecule has 4 heteroatoms. The molecule has 1 heterocycles. The molecule has 0 aromatic heterocycles. The first kappa shape index (κ1) is 13.4. The molecule has 1 aliphatic rings. The summed E-state index contributed by atoms with van der Waals surface area (Å²) in [5.41, 5.74) is 0. The number of hydrogen-bond donors (Lipinski definition) is 0. The Morgan fingerprint density at radius 3 is 2.89 bits per heavy atom. The van der Waals surface area contributed by atoms with E-state index in [2.05, 4.69) is 15.9 Å². The molecule has 1 saturated heterocycles. The molecule has 1 aromatic carbocycles. The standard InChI is InChI=1S/C14H18BrNO2/c15-9-12-5-4-8-16(10-12)14(17)11-18-13-6-2-1-3-7-13/h1-3,6-7,12H,4-5,8-11H2. The molecular weight excluding hydrogens is 294 g/mol. The summed E-state index contributed by atoms with van der Waals surface area (Å²) in [5, 5.41) is 0.969. The number of halogens is 1. The van der Waals surface area contributed by atoms with Crippen LogP contribution in [0.3, 0.4) is 0 Å². The molecule has 1 aromatic rings. The van der Waals surface area contributed by atoms with Gasteiger partial charge < -0.3 is 9.64 Å². The van der Waals surface area contributed by atoms with Gasteiger partial charge in [0, 0.05) is 18.4 Å². The van der Waals surface area contributed by atoms with Crippen molar-refractivity contribution in [3.63, 3.8) is 0 Å². The van der Waals surface area contributed by atoms with Crippen molar-refractivity contribution in [2.75, 3.05) is 25.0 Å². The summed E-state index contributed by atoms with van der Waals surface area (Å²) < 4.78 is 5.49. The van der Waals surface area contributed by atoms with Crippen LogP contribution in [0.5, 0.6) is 5.75 Å². The van der Waals surface area contributed by atoms with E-state index in [1.807, 2.05) is 35.2 Å². The number of benzene rings is 1. The van der Waals surface area contributed by atoms with E-state index in [-0.39, 0.29) is 12.5 Å². The fourth-order valence-electron chi connectivity index (χ4n) is 2.17. The molecule has 1 atom stereocenters. The van der Waals surface area contributed by atoms with Crippen LogP contribution in [0.1, 0.15) is 12.8 Å². The van der Waals surface area contributed by atoms with Crippen molar-refractivity contribution in [1.82, 2.24) is 4.90 Å². The molecule has 2 rings (SSSR count). The van der Waals surface area contributed by atoms with E-state index in [4.69, 9.17) is 4.74 Å². The van der Waals surface area contributed by atoms with Crippen molar-refractivity contribution in [1.29, 1.82) is 0 Å². The highest BCUT2D eigenvalue weighted by molar-refractivity contribution is 9.09. The molecule has 0 radical (unpaired) electrons. The molecule has 1 amide bonds. The second-order valence-corrected chi connectivity index (χ2v) is 5.25. The first-order valence-electron chi connectivity index (χ1n) is 6.31. The van der Waals surface area contributed by atoms with E-state index < -0.39 is 0 Å². The normalized spacial score (nSPS) is 19.6. The second kappa shape index (κ2) is 6.78. The van der Waals surface area contributed by atoms with Crippen molar-refractivity contribution < 1.29 is 9.53 Å². The van der Waals surface area contributed by atoms with Gasteiger partial charge in [-0.15, -0.1) is 0 Å². The lowest BCUT2D eigenvalue weighted by atomic mass is 10.0. The van der Waals surface area contributed by atoms with Crippen molar-refractivity contribution in [2.45, 2.75) is 12.8 Å². The van der Waals surface area contributed by atoms with E-state index in [9.17, 15) is 4.79 Å². The summed E-state index contributed by atoms with van der Waals surface area (Å²) in [6, 6.07) is 9.47. The van der Waals surface area contributed by atoms with Crippen LogP contribution in [0, 0.1) is 5.92 Å². The fourth-order valence-corrected chi connectivity index (χ4v) is 2.70. The monoisotopic (exact) mass is 311 g/mol. The maximum atomic E-state index is 12.0. The predicted molar refractivity (Wildman–Crippen MR) is 75.0 cm³/mol. The highest BCUT2D eigenvalue weighted by atomic mass is 79.9. The van der Waals surface area contributed by atoms with Gasteiger partial charge in [0.2, 0.25) is 0 Å². The summed E-state index contributed by atoms with van der Waals surface area (Å²) in [6.45, 7) is 1.85. The molecule has 0 bridgehead atoms. The maximum Gasteiger partial charge on any atom is 0.260 e. The Bertz CT molecular complexity index is 383. The topological polar surface area (TPSA) is 29.5 Å². The lowest BCUT2D eigenvalue weighted by Gasteiger charge is -2.31. The molecule has 0 N–H and O–H groups in total. The van der Waals surface area contributed by atoms with Gasteiger partial charge in [0.05, 0.1) is 0 Å². The third-order valence-corrected chi connectivity index (χ3v) is 4.11. The predicted octanol–water partition coefficient (Wildman–Crippen LogP) is 2.70. The average Bonchev–Trinajstić information content (AvgIpc) is 2.46. The number of rotatable bonds is 4. The number of amides is 1. The number of likely N-dealkylation sites (tertiary alicyclic amines) is 1. The van der Waals surface area contributed by atoms with Gasteiger partial charge in [-0.3, -0.25) is 4.79 Å². The molecule has 1 aliphatic heterocycles. The second-order valence-electron chi connectivity index (χ2n) is 4.60. The molecule has 1 fully saturated rings. The number of piperidine rings is 1. The number of ether oxygens (including phenoxy) is 1. The molecule has 0 spiro atoms. The van der Waals surface area contributed by atoms with Gasteiger partial charge in [-0.05, 0) is 30.9 Å². The quantitative estimate of drug-likeness (QED) is 0.800. The van der Waals surface area contributed by atoms with Gasteiger partial charge in [0.25, 0.3) is 5.91 Å². The molecular formula is C14H18BrNO2. The van der Waals surface area contributed by atoms with Crippen molar-refractivity contribution in [2.24, 2.45) is 5.92 Å².